The molecule has 2 atom stereocenters. The Hall–Kier alpha value is -3.85. The number of carboxylic acid groups (broad SMARTS) is 2. The molecule has 15 heteroatoms. The van der Waals surface area contributed by atoms with Gasteiger partial charge in [0.05, 0.1) is 18.1 Å². The van der Waals surface area contributed by atoms with Crippen molar-refractivity contribution in [2.24, 2.45) is 0 Å². The number of nitrogen functional groups attached to an aromatic ring is 1. The van der Waals surface area contributed by atoms with Gasteiger partial charge in [0.15, 0.2) is 11.5 Å². The van der Waals surface area contributed by atoms with Crippen LogP contribution in [0.3, 0.4) is 0 Å². The predicted octanol–water partition coefficient (Wildman–Crippen LogP) is -3.78. The van der Waals surface area contributed by atoms with Crippen molar-refractivity contribution < 1.29 is 29.4 Å². The number of hydrogen-bond donors (Lipinski definition) is 5. The van der Waals surface area contributed by atoms with Crippen LogP contribution >= 0.6 is 0 Å². The van der Waals surface area contributed by atoms with E-state index in [1.807, 2.05) is 0 Å². The Morgan fingerprint density at radius 1 is 1.26 bits per heavy atom. The van der Waals surface area contributed by atoms with Gasteiger partial charge in [0.2, 0.25) is 12.4 Å². The Kier molecular flexibility index (Phi) is 9.41. The number of aliphatic carboxylic acids is 2. The number of aromatic nitrogens is 2. The number of aromatic amines is 1. The number of rotatable bonds is 10. The molecule has 0 saturated carbocycles. The number of nitrogens with one attached hydrogen (secondary N) is 4. The second-order valence-electron chi connectivity index (χ2n) is 7.41. The van der Waals surface area contributed by atoms with Crippen LogP contribution in [0.1, 0.15) is 23.2 Å². The zero-order valence-electron chi connectivity index (χ0n) is 18.4. The Balaban J connectivity index is 0.00000432. The molecule has 2 heterocycles. The summed E-state index contributed by atoms with van der Waals surface area (Å²) < 4.78 is 0. The second-order valence-corrected chi connectivity index (χ2v) is 7.41. The van der Waals surface area contributed by atoms with Gasteiger partial charge in [-0.2, -0.15) is 4.98 Å². The first kappa shape index (κ1) is 27.4. The molecule has 2 unspecified atom stereocenters. The number of hydrogen-bond acceptors (Lipinski definition) is 11. The third-order valence-corrected chi connectivity index (χ3v) is 5.10. The summed E-state index contributed by atoms with van der Waals surface area (Å²) in [4.78, 5) is 65.4. The van der Waals surface area contributed by atoms with E-state index in [0.717, 1.165) is 0 Å². The van der Waals surface area contributed by atoms with Crippen molar-refractivity contribution in [2.45, 2.75) is 24.9 Å². The molecule has 0 bridgehead atoms. The van der Waals surface area contributed by atoms with Gasteiger partial charge in [0, 0.05) is 30.3 Å². The van der Waals surface area contributed by atoms with Crippen molar-refractivity contribution in [2.75, 3.05) is 34.4 Å². The summed E-state index contributed by atoms with van der Waals surface area (Å²) in [6.07, 6.45) is -0.386. The van der Waals surface area contributed by atoms with Crippen LogP contribution in [0.15, 0.2) is 29.1 Å². The standard InChI is InChI=1S/C20H23N7O7.Mg/c21-20-25-16-15(18(32)26-20)27(9-28)12(8-23-16)7-22-11-3-1-10(2-4-11)17(31)24-13(19(33)34)5-6-14(29)30;/h1-4,9,12-13,22H,5-8H2,(H,24,31)(H,29,30)(H,33,34)(H4,21,23,25,26,32);/q;+2/p-2. The van der Waals surface area contributed by atoms with Crippen LogP contribution in [-0.4, -0.2) is 82.4 Å². The van der Waals surface area contributed by atoms with Gasteiger partial charge in [0.1, 0.15) is 0 Å². The Bertz CT molecular complexity index is 1160. The number of amides is 2. The molecule has 0 fully saturated rings. The summed E-state index contributed by atoms with van der Waals surface area (Å²) in [6, 6.07) is 4.08. The Labute approximate surface area is 214 Å². The Morgan fingerprint density at radius 2 is 1.94 bits per heavy atom. The molecule has 0 radical (unpaired) electrons. The molecule has 2 aromatic rings. The fraction of sp³-hybridized carbons (Fsp3) is 0.300. The number of carbonyl (C=O) groups excluding carboxylic acids is 4. The number of nitrogens with two attached hydrogens (primary N) is 1. The molecule has 35 heavy (non-hydrogen) atoms. The molecule has 1 aromatic carbocycles. The van der Waals surface area contributed by atoms with Crippen molar-refractivity contribution in [3.63, 3.8) is 0 Å². The topological polar surface area (TPSA) is 225 Å². The number of anilines is 4. The molecule has 180 valence electrons. The zero-order chi connectivity index (χ0) is 24.8. The summed E-state index contributed by atoms with van der Waals surface area (Å²) in [5, 5.41) is 29.9. The maximum atomic E-state index is 12.3. The second kappa shape index (κ2) is 12.0. The molecule has 1 aromatic heterocycles. The van der Waals surface area contributed by atoms with E-state index in [4.69, 9.17) is 5.73 Å². The molecule has 0 spiro atoms. The minimum absolute atomic E-state index is 0. The van der Waals surface area contributed by atoms with Gasteiger partial charge in [0.25, 0.3) is 11.5 Å². The van der Waals surface area contributed by atoms with Crippen molar-refractivity contribution in [1.29, 1.82) is 0 Å². The van der Waals surface area contributed by atoms with Gasteiger partial charge >= 0.3 is 23.1 Å². The summed E-state index contributed by atoms with van der Waals surface area (Å²) in [6.45, 7) is 0.544. The Morgan fingerprint density at radius 3 is 2.54 bits per heavy atom. The molecule has 1 aliphatic heterocycles. The molecular weight excluding hydrogens is 475 g/mol. The van der Waals surface area contributed by atoms with E-state index in [9.17, 15) is 34.2 Å². The fourth-order valence-corrected chi connectivity index (χ4v) is 3.38. The van der Waals surface area contributed by atoms with Gasteiger partial charge in [-0.15, -0.1) is 0 Å². The first-order chi connectivity index (χ1) is 16.2. The van der Waals surface area contributed by atoms with Crippen LogP contribution in [0.2, 0.25) is 0 Å². The largest absolute Gasteiger partial charge is 2.00 e. The number of fused-ring (bicyclic) bond motifs is 1. The third-order valence-electron chi connectivity index (χ3n) is 5.10. The summed E-state index contributed by atoms with van der Waals surface area (Å²) in [5.74, 6) is -3.63. The average Bonchev–Trinajstić information content (AvgIpc) is 2.79. The molecule has 1 aliphatic rings. The monoisotopic (exact) mass is 495 g/mol. The normalized spacial score (nSPS) is 15.0. The predicted molar refractivity (Wildman–Crippen MR) is 121 cm³/mol. The van der Waals surface area contributed by atoms with Crippen LogP contribution in [0.4, 0.5) is 23.1 Å². The average molecular weight is 496 g/mol. The van der Waals surface area contributed by atoms with E-state index in [0.29, 0.717) is 18.6 Å². The number of benzene rings is 1. The third kappa shape index (κ3) is 6.83. The minimum Gasteiger partial charge on any atom is -0.550 e. The minimum atomic E-state index is -1.60. The number of carboxylic acids is 2. The van der Waals surface area contributed by atoms with Crippen molar-refractivity contribution in [3.8, 4) is 0 Å². The van der Waals surface area contributed by atoms with Crippen LogP contribution in [0.5, 0.6) is 0 Å². The van der Waals surface area contributed by atoms with Gasteiger partial charge in [-0.1, -0.05) is 0 Å². The quantitative estimate of drug-likeness (QED) is 0.159. The maximum absolute atomic E-state index is 12.3. The van der Waals surface area contributed by atoms with E-state index in [2.05, 4.69) is 25.9 Å². The number of H-pyrrole nitrogens is 1. The number of nitrogens with zero attached hydrogens (tertiary/aromatic N) is 2. The summed E-state index contributed by atoms with van der Waals surface area (Å²) in [7, 11) is 0. The molecule has 3 rings (SSSR count). The van der Waals surface area contributed by atoms with E-state index in [-0.39, 0.29) is 59.0 Å². The first-order valence-corrected chi connectivity index (χ1v) is 10.1. The summed E-state index contributed by atoms with van der Waals surface area (Å²) in [5.41, 5.74) is 5.75. The van der Waals surface area contributed by atoms with Crippen LogP contribution in [0.25, 0.3) is 0 Å². The van der Waals surface area contributed by atoms with Gasteiger partial charge in [-0.3, -0.25) is 19.4 Å². The van der Waals surface area contributed by atoms with Crippen molar-refractivity contribution in [1.82, 2.24) is 15.3 Å². The van der Waals surface area contributed by atoms with Crippen molar-refractivity contribution in [3.05, 3.63) is 40.2 Å². The number of carbonyl (C=O) groups is 4. The smallest absolute Gasteiger partial charge is 0.550 e. The fourth-order valence-electron chi connectivity index (χ4n) is 3.38. The van der Waals surface area contributed by atoms with Crippen molar-refractivity contribution >= 4 is 70.4 Å². The zero-order valence-corrected chi connectivity index (χ0v) is 19.8. The van der Waals surface area contributed by atoms with Crippen LogP contribution in [0, 0.1) is 0 Å². The maximum Gasteiger partial charge on any atom is 2.00 e. The van der Waals surface area contributed by atoms with Gasteiger partial charge < -0.3 is 46.4 Å². The molecule has 0 aliphatic carbocycles. The van der Waals surface area contributed by atoms with Crippen LogP contribution < -0.4 is 42.4 Å². The van der Waals surface area contributed by atoms with E-state index in [1.165, 1.54) is 17.0 Å². The molecular formula is C20H21MgN7O7. The van der Waals surface area contributed by atoms with Crippen LogP contribution in [-0.2, 0) is 14.4 Å². The van der Waals surface area contributed by atoms with E-state index >= 15 is 0 Å². The van der Waals surface area contributed by atoms with E-state index in [1.54, 1.807) is 12.1 Å². The first-order valence-electron chi connectivity index (χ1n) is 10.1. The molecule has 2 amide bonds. The molecule has 6 N–H and O–H groups in total. The van der Waals surface area contributed by atoms with Gasteiger partial charge in [-0.25, -0.2) is 0 Å². The SMILES string of the molecule is Nc1nc2c(c(=O)[nH]1)N(C=O)C(CNc1ccc(C(=O)NC(CCC(=O)[O-])C(=O)[O-])cc1)CN2.[Mg+2]. The van der Waals surface area contributed by atoms with Gasteiger partial charge in [-0.05, 0) is 37.1 Å². The molecule has 14 nitrogen and oxygen atoms in total. The molecule has 0 saturated heterocycles. The van der Waals surface area contributed by atoms with E-state index < -0.39 is 41.9 Å². The summed E-state index contributed by atoms with van der Waals surface area (Å²) >= 11 is 0.